The van der Waals surface area contributed by atoms with Crippen LogP contribution in [0.1, 0.15) is 0 Å². The second-order valence-electron chi connectivity index (χ2n) is 9.29. The monoisotopic (exact) mass is 526 g/mol. The summed E-state index contributed by atoms with van der Waals surface area (Å²) in [5, 5.41) is 6.56. The topological polar surface area (TPSA) is 82.6 Å². The number of ether oxygens (including phenoxy) is 1. The summed E-state index contributed by atoms with van der Waals surface area (Å²) in [6.07, 6.45) is 2.82. The number of aromatic nitrogens is 2. The molecule has 0 aliphatic carbocycles. The van der Waals surface area contributed by atoms with Gasteiger partial charge in [-0.2, -0.15) is 0 Å². The number of methoxy groups -OCH3 is 1. The van der Waals surface area contributed by atoms with Gasteiger partial charge in [-0.05, 0) is 36.4 Å². The van der Waals surface area contributed by atoms with E-state index in [0.29, 0.717) is 22.6 Å². The van der Waals surface area contributed by atoms with Gasteiger partial charge in [0.25, 0.3) is 0 Å². The number of nitrogens with one attached hydrogen (secondary N) is 2. The molecule has 1 aromatic heterocycles. The Bertz CT molecular complexity index is 1470. The smallest absolute Gasteiger partial charge is 0.247 e. The average Bonchev–Trinajstić information content (AvgIpc) is 2.97. The van der Waals surface area contributed by atoms with E-state index in [4.69, 9.17) is 9.72 Å². The number of anilines is 4. The fraction of sp³-hybridized carbons (Fsp3) is 0.233. The van der Waals surface area contributed by atoms with Gasteiger partial charge in [0.15, 0.2) is 5.82 Å². The Morgan fingerprint density at radius 1 is 1.05 bits per heavy atom. The van der Waals surface area contributed by atoms with Crippen molar-refractivity contribution >= 4 is 39.8 Å². The molecular formula is C30H31FN6O2. The average molecular weight is 527 g/mol. The van der Waals surface area contributed by atoms with Crippen LogP contribution in [0.15, 0.2) is 79.5 Å². The first kappa shape index (κ1) is 26.3. The van der Waals surface area contributed by atoms with Crippen LogP contribution >= 0.6 is 0 Å². The summed E-state index contributed by atoms with van der Waals surface area (Å²) < 4.78 is 20.6. The molecule has 2 N–H and O–H groups in total. The predicted octanol–water partition coefficient (Wildman–Crippen LogP) is 5.07. The van der Waals surface area contributed by atoms with Gasteiger partial charge in [-0.25, -0.2) is 14.4 Å². The standard InChI is InChI=1S/C30H31FN6O2/c1-3-27(38)34-26-9-5-7-24(28(26)31)25-8-4-6-21-20-32-30(35-29(21)25)33-22-10-12-23(13-11-22)37-16-14-36(15-17-37)18-19-39-2/h3-13,20H,1,14-19H2,2H3,(H,34,38)(H,32,33,35). The third kappa shape index (κ3) is 6.05. The zero-order valence-electron chi connectivity index (χ0n) is 21.9. The van der Waals surface area contributed by atoms with E-state index >= 15 is 4.39 Å². The SMILES string of the molecule is C=CC(=O)Nc1cccc(-c2cccc3cnc(Nc4ccc(N5CCN(CCOC)CC5)cc4)nc23)c1F. The number of rotatable bonds is 9. The van der Waals surface area contributed by atoms with Crippen LogP contribution in [0.2, 0.25) is 0 Å². The summed E-state index contributed by atoms with van der Waals surface area (Å²) in [4.78, 5) is 25.7. The van der Waals surface area contributed by atoms with E-state index in [9.17, 15) is 4.79 Å². The number of nitrogens with zero attached hydrogens (tertiary/aromatic N) is 4. The first-order valence-electron chi connectivity index (χ1n) is 12.9. The first-order valence-corrected chi connectivity index (χ1v) is 12.9. The fourth-order valence-electron chi connectivity index (χ4n) is 4.69. The Morgan fingerprint density at radius 3 is 2.54 bits per heavy atom. The molecule has 1 aliphatic rings. The van der Waals surface area contributed by atoms with Crippen molar-refractivity contribution in [3.63, 3.8) is 0 Å². The third-order valence-electron chi connectivity index (χ3n) is 6.82. The highest BCUT2D eigenvalue weighted by atomic mass is 19.1. The molecule has 2 heterocycles. The minimum Gasteiger partial charge on any atom is -0.383 e. The van der Waals surface area contributed by atoms with Gasteiger partial charge in [-0.3, -0.25) is 9.69 Å². The molecule has 3 aromatic carbocycles. The van der Waals surface area contributed by atoms with Crippen LogP contribution in [0.5, 0.6) is 0 Å². The molecular weight excluding hydrogens is 495 g/mol. The van der Waals surface area contributed by atoms with Crippen molar-refractivity contribution in [2.75, 3.05) is 62.0 Å². The maximum atomic E-state index is 15.4. The van der Waals surface area contributed by atoms with Crippen LogP contribution in [0.3, 0.4) is 0 Å². The normalized spacial score (nSPS) is 13.8. The zero-order chi connectivity index (χ0) is 27.2. The molecule has 5 rings (SSSR count). The highest BCUT2D eigenvalue weighted by molar-refractivity contribution is 6.00. The lowest BCUT2D eigenvalue weighted by Crippen LogP contribution is -2.47. The quantitative estimate of drug-likeness (QED) is 0.295. The van der Waals surface area contributed by atoms with E-state index in [1.807, 2.05) is 24.3 Å². The lowest BCUT2D eigenvalue weighted by molar-refractivity contribution is -0.111. The second kappa shape index (κ2) is 12.0. The Balaban J connectivity index is 1.34. The van der Waals surface area contributed by atoms with Gasteiger partial charge in [0, 0.05) is 73.9 Å². The van der Waals surface area contributed by atoms with Crippen LogP contribution < -0.4 is 15.5 Å². The Labute approximate surface area is 227 Å². The highest BCUT2D eigenvalue weighted by Crippen LogP contribution is 2.33. The van der Waals surface area contributed by atoms with Crippen molar-refractivity contribution in [3.8, 4) is 11.1 Å². The molecule has 1 aliphatic heterocycles. The number of para-hydroxylation sites is 1. The predicted molar refractivity (Wildman–Crippen MR) is 154 cm³/mol. The van der Waals surface area contributed by atoms with E-state index in [1.165, 1.54) is 11.8 Å². The van der Waals surface area contributed by atoms with Crippen molar-refractivity contribution in [1.82, 2.24) is 14.9 Å². The van der Waals surface area contributed by atoms with Crippen LogP contribution in [0.25, 0.3) is 22.0 Å². The zero-order valence-corrected chi connectivity index (χ0v) is 21.9. The summed E-state index contributed by atoms with van der Waals surface area (Å²) in [5.74, 6) is -0.609. The number of benzene rings is 3. The molecule has 1 saturated heterocycles. The highest BCUT2D eigenvalue weighted by Gasteiger charge is 2.17. The number of carbonyl (C=O) groups excluding carboxylic acids is 1. The maximum absolute atomic E-state index is 15.4. The van der Waals surface area contributed by atoms with Gasteiger partial charge < -0.3 is 20.3 Å². The van der Waals surface area contributed by atoms with Crippen LogP contribution in [-0.2, 0) is 9.53 Å². The number of hydrogen-bond donors (Lipinski definition) is 2. The van der Waals surface area contributed by atoms with Gasteiger partial charge in [-0.15, -0.1) is 0 Å². The number of halogens is 1. The molecule has 8 nitrogen and oxygen atoms in total. The number of hydrogen-bond acceptors (Lipinski definition) is 7. The van der Waals surface area contributed by atoms with Gasteiger partial charge in [0.2, 0.25) is 11.9 Å². The minimum absolute atomic E-state index is 0.0817. The van der Waals surface area contributed by atoms with E-state index in [0.717, 1.165) is 56.5 Å². The van der Waals surface area contributed by atoms with E-state index in [2.05, 4.69) is 44.1 Å². The van der Waals surface area contributed by atoms with E-state index < -0.39 is 11.7 Å². The van der Waals surface area contributed by atoms with Crippen molar-refractivity contribution in [2.24, 2.45) is 0 Å². The molecule has 1 amide bonds. The largest absolute Gasteiger partial charge is 0.383 e. The van der Waals surface area contributed by atoms with Crippen LogP contribution in [-0.4, -0.2) is 67.2 Å². The number of carbonyl (C=O) groups is 1. The Morgan fingerprint density at radius 2 is 1.79 bits per heavy atom. The molecule has 0 unspecified atom stereocenters. The number of piperazine rings is 1. The summed E-state index contributed by atoms with van der Waals surface area (Å²) in [5.41, 5.74) is 3.65. The van der Waals surface area contributed by atoms with Crippen LogP contribution in [0, 0.1) is 5.82 Å². The number of fused-ring (bicyclic) bond motifs is 1. The van der Waals surface area contributed by atoms with Crippen molar-refractivity contribution in [3.05, 3.63) is 85.3 Å². The van der Waals surface area contributed by atoms with Gasteiger partial charge in [-0.1, -0.05) is 36.9 Å². The summed E-state index contributed by atoms with van der Waals surface area (Å²) in [6.45, 7) is 9.12. The lowest BCUT2D eigenvalue weighted by Gasteiger charge is -2.36. The molecule has 4 aromatic rings. The molecule has 9 heteroatoms. The van der Waals surface area contributed by atoms with Crippen molar-refractivity contribution < 1.29 is 13.9 Å². The molecule has 1 fully saturated rings. The van der Waals surface area contributed by atoms with E-state index in [-0.39, 0.29) is 5.69 Å². The van der Waals surface area contributed by atoms with Gasteiger partial charge in [0.05, 0.1) is 17.8 Å². The summed E-state index contributed by atoms with van der Waals surface area (Å²) >= 11 is 0. The molecule has 0 atom stereocenters. The lowest BCUT2D eigenvalue weighted by atomic mass is 10.0. The first-order chi connectivity index (χ1) is 19.1. The molecule has 39 heavy (non-hydrogen) atoms. The minimum atomic E-state index is -0.538. The molecule has 0 bridgehead atoms. The molecule has 0 saturated carbocycles. The maximum Gasteiger partial charge on any atom is 0.247 e. The molecule has 0 radical (unpaired) electrons. The number of amides is 1. The second-order valence-corrected chi connectivity index (χ2v) is 9.29. The van der Waals surface area contributed by atoms with Crippen LogP contribution in [0.4, 0.5) is 27.4 Å². The van der Waals surface area contributed by atoms with Gasteiger partial charge >= 0.3 is 0 Å². The third-order valence-corrected chi connectivity index (χ3v) is 6.82. The summed E-state index contributed by atoms with van der Waals surface area (Å²) in [6, 6.07) is 18.6. The fourth-order valence-corrected chi connectivity index (χ4v) is 4.69. The Hall–Kier alpha value is -4.34. The van der Waals surface area contributed by atoms with E-state index in [1.54, 1.807) is 31.5 Å². The Kier molecular flexibility index (Phi) is 8.10. The van der Waals surface area contributed by atoms with Gasteiger partial charge in [0.1, 0.15) is 0 Å². The molecule has 200 valence electrons. The molecule has 0 spiro atoms. The van der Waals surface area contributed by atoms with Crippen molar-refractivity contribution in [2.45, 2.75) is 0 Å². The van der Waals surface area contributed by atoms with Crippen molar-refractivity contribution in [1.29, 1.82) is 0 Å². The summed E-state index contributed by atoms with van der Waals surface area (Å²) in [7, 11) is 1.74.